The van der Waals surface area contributed by atoms with E-state index in [1.54, 1.807) is 19.1 Å². The Labute approximate surface area is 239 Å². The van der Waals surface area contributed by atoms with Crippen molar-refractivity contribution < 1.29 is 14.4 Å². The van der Waals surface area contributed by atoms with Crippen LogP contribution in [0.15, 0.2) is 115 Å². The molecular weight excluding hydrogens is 508 g/mol. The van der Waals surface area contributed by atoms with Crippen LogP contribution >= 0.6 is 0 Å². The van der Waals surface area contributed by atoms with Gasteiger partial charge in [0.2, 0.25) is 0 Å². The van der Waals surface area contributed by atoms with Crippen LogP contribution in [0.2, 0.25) is 0 Å². The normalized spacial score (nSPS) is 13.9. The van der Waals surface area contributed by atoms with E-state index in [-0.39, 0.29) is 5.57 Å². The number of allylic oxidation sites excluding steroid dienone is 1. The number of hydrogen-bond acceptors (Lipinski definition) is 3. The van der Waals surface area contributed by atoms with Crippen LogP contribution in [-0.4, -0.2) is 17.8 Å². The van der Waals surface area contributed by atoms with Gasteiger partial charge >= 0.3 is 6.03 Å². The Bertz CT molecular complexity index is 1750. The van der Waals surface area contributed by atoms with Crippen LogP contribution in [0.1, 0.15) is 37.8 Å². The van der Waals surface area contributed by atoms with Gasteiger partial charge in [-0.3, -0.25) is 9.59 Å². The first-order valence-electron chi connectivity index (χ1n) is 14.0. The van der Waals surface area contributed by atoms with E-state index in [1.165, 1.54) is 5.56 Å². The second-order valence-electron chi connectivity index (χ2n) is 10.4. The monoisotopic (exact) mass is 538 g/mol. The minimum Gasteiger partial charge on any atom is -0.268 e. The summed E-state index contributed by atoms with van der Waals surface area (Å²) in [7, 11) is 0. The van der Waals surface area contributed by atoms with Crippen molar-refractivity contribution >= 4 is 56.3 Å². The number of unbranched alkanes of at least 4 members (excludes halogenated alkanes) is 1. The zero-order chi connectivity index (χ0) is 28.5. The van der Waals surface area contributed by atoms with Gasteiger partial charge in [-0.2, -0.15) is 0 Å². The molecule has 5 aromatic rings. The highest BCUT2D eigenvalue weighted by Gasteiger charge is 2.45. The van der Waals surface area contributed by atoms with Crippen LogP contribution in [0.5, 0.6) is 0 Å². The van der Waals surface area contributed by atoms with E-state index in [4.69, 9.17) is 0 Å². The van der Waals surface area contributed by atoms with Crippen molar-refractivity contribution in [2.75, 3.05) is 9.80 Å². The molecule has 0 bridgehead atoms. The molecule has 0 radical (unpaired) electrons. The number of imide groups is 2. The molecule has 1 aliphatic rings. The van der Waals surface area contributed by atoms with E-state index in [0.29, 0.717) is 16.9 Å². The van der Waals surface area contributed by atoms with E-state index in [1.807, 2.05) is 97.1 Å². The molecule has 1 aliphatic heterocycles. The average molecular weight is 539 g/mol. The molecule has 0 unspecified atom stereocenters. The lowest BCUT2D eigenvalue weighted by Crippen LogP contribution is -2.57. The van der Waals surface area contributed by atoms with Gasteiger partial charge in [-0.1, -0.05) is 98.3 Å². The van der Waals surface area contributed by atoms with Crippen LogP contribution in [0.4, 0.5) is 16.2 Å². The van der Waals surface area contributed by atoms with Crippen molar-refractivity contribution in [3.05, 3.63) is 126 Å². The highest BCUT2D eigenvalue weighted by Crippen LogP contribution is 2.34. The van der Waals surface area contributed by atoms with Crippen LogP contribution in [-0.2, 0) is 16.0 Å². The maximum Gasteiger partial charge on any atom is 0.343 e. The summed E-state index contributed by atoms with van der Waals surface area (Å²) in [5.41, 5.74) is 3.32. The second-order valence-corrected chi connectivity index (χ2v) is 10.4. The third kappa shape index (κ3) is 4.80. The first-order valence-corrected chi connectivity index (χ1v) is 14.0. The highest BCUT2D eigenvalue weighted by atomic mass is 16.2. The zero-order valence-corrected chi connectivity index (χ0v) is 23.1. The number of benzene rings is 5. The van der Waals surface area contributed by atoms with Gasteiger partial charge in [0.15, 0.2) is 0 Å². The standard InChI is InChI=1S/C36H30N2O3/c1-3-4-9-25-14-16-26(17-15-25)24(2)33-34(39)37(31-20-18-27-10-5-7-12-29(27)22-31)36(41)38(35(33)40)32-21-19-28-11-6-8-13-30(28)23-32/h5-8,10-23H,3-4,9H2,1-2H3. The van der Waals surface area contributed by atoms with E-state index in [0.717, 1.165) is 56.2 Å². The van der Waals surface area contributed by atoms with Gasteiger partial charge in [-0.15, -0.1) is 0 Å². The summed E-state index contributed by atoms with van der Waals surface area (Å²) in [6.07, 6.45) is 3.18. The summed E-state index contributed by atoms with van der Waals surface area (Å²) in [5, 5.41) is 3.77. The van der Waals surface area contributed by atoms with Gasteiger partial charge in [0, 0.05) is 0 Å². The molecule has 0 aliphatic carbocycles. The topological polar surface area (TPSA) is 57.7 Å². The minimum atomic E-state index is -0.697. The molecule has 0 aromatic heterocycles. The molecule has 5 nitrogen and oxygen atoms in total. The fourth-order valence-corrected chi connectivity index (χ4v) is 5.44. The van der Waals surface area contributed by atoms with E-state index >= 15 is 0 Å². The van der Waals surface area contributed by atoms with Crippen molar-refractivity contribution in [1.82, 2.24) is 0 Å². The third-order valence-electron chi connectivity index (χ3n) is 7.78. The predicted octanol–water partition coefficient (Wildman–Crippen LogP) is 8.31. The van der Waals surface area contributed by atoms with Crippen LogP contribution < -0.4 is 9.80 Å². The second kappa shape index (κ2) is 10.9. The molecule has 0 N–H and O–H groups in total. The number of nitrogens with zero attached hydrogens (tertiary/aromatic N) is 2. The van der Waals surface area contributed by atoms with E-state index in [9.17, 15) is 14.4 Å². The summed E-state index contributed by atoms with van der Waals surface area (Å²) >= 11 is 0. The summed E-state index contributed by atoms with van der Waals surface area (Å²) in [5.74, 6) is -1.25. The summed E-state index contributed by atoms with van der Waals surface area (Å²) < 4.78 is 0. The lowest BCUT2D eigenvalue weighted by atomic mass is 9.95. The Balaban J connectivity index is 1.50. The van der Waals surface area contributed by atoms with Crippen molar-refractivity contribution in [2.45, 2.75) is 33.1 Å². The third-order valence-corrected chi connectivity index (χ3v) is 7.78. The Kier molecular flexibility index (Phi) is 6.94. The Morgan fingerprint density at radius 1 is 0.610 bits per heavy atom. The number of aryl methyl sites for hydroxylation is 1. The maximum atomic E-state index is 14.1. The fraction of sp³-hybridized carbons (Fsp3) is 0.139. The molecule has 0 spiro atoms. The van der Waals surface area contributed by atoms with Crippen LogP contribution in [0.3, 0.4) is 0 Å². The van der Waals surface area contributed by atoms with Crippen LogP contribution in [0, 0.1) is 0 Å². The molecule has 1 heterocycles. The Morgan fingerprint density at radius 3 is 1.59 bits per heavy atom. The Hall–Kier alpha value is -5.03. The van der Waals surface area contributed by atoms with Gasteiger partial charge in [-0.05, 0) is 82.3 Å². The molecule has 6 rings (SSSR count). The number of barbiturate groups is 1. The number of carbonyl (C=O) groups excluding carboxylic acids is 3. The van der Waals surface area contributed by atoms with Gasteiger partial charge in [0.05, 0.1) is 11.4 Å². The number of carbonyl (C=O) groups is 3. The molecule has 5 heteroatoms. The molecule has 1 saturated heterocycles. The van der Waals surface area contributed by atoms with E-state index < -0.39 is 17.8 Å². The first kappa shape index (κ1) is 26.2. The lowest BCUT2D eigenvalue weighted by molar-refractivity contribution is -0.121. The number of amides is 4. The van der Waals surface area contributed by atoms with E-state index in [2.05, 4.69) is 6.92 Å². The molecule has 5 aromatic carbocycles. The van der Waals surface area contributed by atoms with Gasteiger partial charge in [-0.25, -0.2) is 14.6 Å². The highest BCUT2D eigenvalue weighted by molar-refractivity contribution is 6.47. The Morgan fingerprint density at radius 2 is 1.10 bits per heavy atom. The van der Waals surface area contributed by atoms with Crippen LogP contribution in [0.25, 0.3) is 27.1 Å². The zero-order valence-electron chi connectivity index (χ0n) is 23.1. The smallest absolute Gasteiger partial charge is 0.268 e. The van der Waals surface area contributed by atoms with Crippen molar-refractivity contribution in [3.8, 4) is 0 Å². The van der Waals surface area contributed by atoms with Crippen molar-refractivity contribution in [3.63, 3.8) is 0 Å². The lowest BCUT2D eigenvalue weighted by Gasteiger charge is -2.35. The summed E-state index contributed by atoms with van der Waals surface area (Å²) in [6, 6.07) is 33.7. The van der Waals surface area contributed by atoms with Gasteiger partial charge in [0.1, 0.15) is 5.57 Å². The molecular formula is C36H30N2O3. The minimum absolute atomic E-state index is 0.0211. The van der Waals surface area contributed by atoms with Crippen molar-refractivity contribution in [2.24, 2.45) is 0 Å². The quantitative estimate of drug-likeness (QED) is 0.161. The largest absolute Gasteiger partial charge is 0.343 e. The first-order chi connectivity index (χ1) is 20.0. The number of rotatable bonds is 6. The molecule has 0 atom stereocenters. The fourth-order valence-electron chi connectivity index (χ4n) is 5.44. The predicted molar refractivity (Wildman–Crippen MR) is 166 cm³/mol. The number of urea groups is 1. The summed E-state index contributed by atoms with van der Waals surface area (Å²) in [6.45, 7) is 3.94. The molecule has 0 saturated carbocycles. The maximum absolute atomic E-state index is 14.1. The van der Waals surface area contributed by atoms with Crippen molar-refractivity contribution in [1.29, 1.82) is 0 Å². The SMILES string of the molecule is CCCCc1ccc(C(C)=C2C(=O)N(c3ccc4ccccc4c3)C(=O)N(c3ccc4ccccc4c3)C2=O)cc1. The molecule has 202 valence electrons. The summed E-state index contributed by atoms with van der Waals surface area (Å²) in [4.78, 5) is 44.5. The number of fused-ring (bicyclic) bond motifs is 2. The average Bonchev–Trinajstić information content (AvgIpc) is 3.00. The van der Waals surface area contributed by atoms with Gasteiger partial charge in [0.25, 0.3) is 11.8 Å². The number of hydrogen-bond donors (Lipinski definition) is 0. The molecule has 41 heavy (non-hydrogen) atoms. The molecule has 4 amide bonds. The van der Waals surface area contributed by atoms with Gasteiger partial charge < -0.3 is 0 Å². The number of anilines is 2. The molecule has 1 fully saturated rings.